The molecule has 6 aromatic heterocycles. The van der Waals surface area contributed by atoms with Crippen LogP contribution in [0, 0.1) is 76.4 Å². The number of furan rings is 6. The van der Waals surface area contributed by atoms with Crippen LogP contribution in [0.15, 0.2) is 173 Å². The van der Waals surface area contributed by atoms with Gasteiger partial charge in [0, 0.05) is 22.2 Å². The first-order valence-corrected chi connectivity index (χ1v) is 26.5. The Morgan fingerprint density at radius 1 is 0.256 bits per heavy atom. The monoisotopic (exact) mass is 1080 g/mol. The Bertz CT molecular complexity index is 3320. The second-order valence-corrected chi connectivity index (χ2v) is 15.3. The maximum Gasteiger partial charge on any atom is 0.169 e. The number of fused-ring (bicyclic) bond motifs is 6. The maximum absolute atomic E-state index is 13.2. The lowest BCUT2D eigenvalue weighted by atomic mass is 10.2. The molecule has 78 heavy (non-hydrogen) atoms. The summed E-state index contributed by atoms with van der Waals surface area (Å²) in [5.41, 5.74) is 7.84. The highest BCUT2D eigenvalue weighted by atomic mass is 19.1. The van der Waals surface area contributed by atoms with Crippen LogP contribution in [0.3, 0.4) is 0 Å². The third-order valence-corrected chi connectivity index (χ3v) is 10.3. The van der Waals surface area contributed by atoms with Crippen LogP contribution in [0.5, 0.6) is 0 Å². The quantitative estimate of drug-likeness (QED) is 0.141. The van der Waals surface area contributed by atoms with Crippen LogP contribution in [0.2, 0.25) is 0 Å². The van der Waals surface area contributed by atoms with E-state index in [4.69, 9.17) is 26.5 Å². The van der Waals surface area contributed by atoms with E-state index in [1.807, 2.05) is 128 Å². The molecular weight excluding hydrogens is 1000 g/mol. The minimum Gasteiger partial charge on any atom is -0.464 e. The Morgan fingerprint density at radius 2 is 0.718 bits per heavy atom. The SMILES string of the molecule is CC.CC.CC.CC.CC.CC.Cc1cc(F)c2ccoc2c1.Cc1cc(F)c2occc2c1.Cc1cc2ccoc2cc1F.Cc1ccc(F)c2ccoc12.Cc1ccc2ccoc2c1F.Cc1ccc2occc2c1F. The molecule has 6 aromatic carbocycles. The van der Waals surface area contributed by atoms with Crippen molar-refractivity contribution in [1.29, 1.82) is 0 Å². The zero-order chi connectivity index (χ0) is 59.1. The molecule has 0 aliphatic heterocycles. The van der Waals surface area contributed by atoms with E-state index in [9.17, 15) is 26.3 Å². The summed E-state index contributed by atoms with van der Waals surface area (Å²) in [6.07, 6.45) is 9.03. The fraction of sp³-hybridized carbons (Fsp3) is 0.273. The van der Waals surface area contributed by atoms with E-state index in [0.29, 0.717) is 66.3 Å². The first-order valence-electron chi connectivity index (χ1n) is 26.5. The molecule has 0 fully saturated rings. The van der Waals surface area contributed by atoms with Crippen LogP contribution in [-0.4, -0.2) is 0 Å². The zero-order valence-electron chi connectivity index (χ0n) is 48.6. The highest BCUT2D eigenvalue weighted by Crippen LogP contribution is 2.25. The Morgan fingerprint density at radius 3 is 1.37 bits per heavy atom. The van der Waals surface area contributed by atoms with E-state index < -0.39 is 0 Å². The lowest BCUT2D eigenvalue weighted by molar-refractivity contribution is 0.556. The molecule has 0 saturated carbocycles. The van der Waals surface area contributed by atoms with Crippen molar-refractivity contribution in [2.75, 3.05) is 0 Å². The van der Waals surface area contributed by atoms with Crippen molar-refractivity contribution in [2.45, 2.75) is 125 Å². The van der Waals surface area contributed by atoms with Gasteiger partial charge in [0.1, 0.15) is 45.6 Å². The lowest BCUT2D eigenvalue weighted by Gasteiger charge is -1.94. The fourth-order valence-corrected chi connectivity index (χ4v) is 6.81. The minimum absolute atomic E-state index is 0.184. The maximum atomic E-state index is 13.2. The molecule has 12 rings (SSSR count). The molecular formula is C66H78F6O6. The summed E-state index contributed by atoms with van der Waals surface area (Å²) in [4.78, 5) is 0. The Balaban J connectivity index is 0.000000450. The molecule has 0 bridgehead atoms. The van der Waals surface area contributed by atoms with E-state index >= 15 is 0 Å². The van der Waals surface area contributed by atoms with Gasteiger partial charge in [-0.05, 0) is 154 Å². The Kier molecular flexibility index (Phi) is 31.7. The van der Waals surface area contributed by atoms with Crippen molar-refractivity contribution < 1.29 is 52.8 Å². The van der Waals surface area contributed by atoms with Crippen LogP contribution in [0.1, 0.15) is 116 Å². The van der Waals surface area contributed by atoms with E-state index in [2.05, 4.69) is 0 Å². The summed E-state index contributed by atoms with van der Waals surface area (Å²) in [5, 5.41) is 4.25. The van der Waals surface area contributed by atoms with E-state index in [1.165, 1.54) is 55.6 Å². The highest BCUT2D eigenvalue weighted by molar-refractivity contribution is 5.82. The third-order valence-electron chi connectivity index (χ3n) is 10.3. The molecule has 12 heteroatoms. The van der Waals surface area contributed by atoms with Crippen LogP contribution in [0.4, 0.5) is 26.3 Å². The molecule has 420 valence electrons. The first-order chi connectivity index (χ1) is 37.7. The van der Waals surface area contributed by atoms with Crippen molar-refractivity contribution in [1.82, 2.24) is 0 Å². The second-order valence-electron chi connectivity index (χ2n) is 15.3. The molecule has 0 unspecified atom stereocenters. The molecule has 12 aromatic rings. The zero-order valence-corrected chi connectivity index (χ0v) is 48.6. The smallest absolute Gasteiger partial charge is 0.169 e. The standard InChI is InChI=1S/6C9H7FO.6C2H6/c1-6-4-7-2-3-11-9(7)5-8(6)10;1-6-4-8(10)7-2-3-11-9(7)5-6;1-6-4-7-2-3-11-9(7)8(10)5-6;1-6-2-3-8-7(9(6)10)4-5-11-8;1-6-2-3-8(10)7-4-5-11-9(6)7;1-6-2-3-7-4-5-11-9(7)8(6)10;6*1-2/h6*2-5H,1H3;6*1-2H3. The van der Waals surface area contributed by atoms with Gasteiger partial charge in [0.05, 0.1) is 53.7 Å². The van der Waals surface area contributed by atoms with Crippen molar-refractivity contribution in [3.05, 3.63) is 215 Å². The number of aryl methyl sites for hydroxylation is 6. The molecule has 0 spiro atoms. The number of halogens is 6. The van der Waals surface area contributed by atoms with Crippen LogP contribution < -0.4 is 0 Å². The normalized spacial score (nSPS) is 9.54. The summed E-state index contributed by atoms with van der Waals surface area (Å²) in [7, 11) is 0. The molecule has 6 heterocycles. The predicted octanol–water partition coefficient (Wildman–Crippen LogP) is 23.4. The third kappa shape index (κ3) is 19.0. The minimum atomic E-state index is -0.287. The van der Waals surface area contributed by atoms with Gasteiger partial charge in [0.2, 0.25) is 0 Å². The fourth-order valence-electron chi connectivity index (χ4n) is 6.81. The molecule has 0 aliphatic carbocycles. The van der Waals surface area contributed by atoms with Crippen molar-refractivity contribution in [3.63, 3.8) is 0 Å². The van der Waals surface area contributed by atoms with Crippen molar-refractivity contribution in [2.24, 2.45) is 0 Å². The Hall–Kier alpha value is -7.86. The molecule has 0 N–H and O–H groups in total. The summed E-state index contributed by atoms with van der Waals surface area (Å²) < 4.78 is 108. The first kappa shape index (κ1) is 68.2. The van der Waals surface area contributed by atoms with Crippen LogP contribution in [-0.2, 0) is 0 Å². The molecule has 0 radical (unpaired) electrons. The van der Waals surface area contributed by atoms with Gasteiger partial charge >= 0.3 is 0 Å². The summed E-state index contributed by atoms with van der Waals surface area (Å²) in [5.74, 6) is -1.38. The van der Waals surface area contributed by atoms with E-state index in [1.54, 1.807) is 87.7 Å². The summed E-state index contributed by atoms with van der Waals surface area (Å²) >= 11 is 0. The molecule has 0 aliphatic rings. The summed E-state index contributed by atoms with van der Waals surface area (Å²) in [6.45, 7) is 34.8. The van der Waals surface area contributed by atoms with Gasteiger partial charge < -0.3 is 26.5 Å². The average molecular weight is 1080 g/mol. The molecule has 6 nitrogen and oxygen atoms in total. The largest absolute Gasteiger partial charge is 0.464 e. The lowest BCUT2D eigenvalue weighted by Crippen LogP contribution is -1.80. The van der Waals surface area contributed by atoms with E-state index in [0.717, 1.165) is 32.8 Å². The molecule has 0 saturated heterocycles. The highest BCUT2D eigenvalue weighted by Gasteiger charge is 2.08. The topological polar surface area (TPSA) is 78.8 Å². The van der Waals surface area contributed by atoms with Gasteiger partial charge in [-0.1, -0.05) is 107 Å². The predicted molar refractivity (Wildman–Crippen MR) is 314 cm³/mol. The Labute approximate surface area is 456 Å². The number of hydrogen-bond acceptors (Lipinski definition) is 6. The van der Waals surface area contributed by atoms with Gasteiger partial charge in [-0.15, -0.1) is 0 Å². The number of hydrogen-bond donors (Lipinski definition) is 0. The number of benzene rings is 6. The van der Waals surface area contributed by atoms with Gasteiger partial charge in [-0.2, -0.15) is 0 Å². The van der Waals surface area contributed by atoms with Crippen LogP contribution >= 0.6 is 0 Å². The molecule has 0 atom stereocenters. The summed E-state index contributed by atoms with van der Waals surface area (Å²) in [6, 6.07) is 30.3. The van der Waals surface area contributed by atoms with Gasteiger partial charge in [-0.3, -0.25) is 0 Å². The van der Waals surface area contributed by atoms with Gasteiger partial charge in [0.15, 0.2) is 22.8 Å². The van der Waals surface area contributed by atoms with Gasteiger partial charge in [0.25, 0.3) is 0 Å². The average Bonchev–Trinajstić information content (AvgIpc) is 4.34. The van der Waals surface area contributed by atoms with E-state index in [-0.39, 0.29) is 34.9 Å². The number of rotatable bonds is 0. The molecule has 0 amide bonds. The van der Waals surface area contributed by atoms with Crippen molar-refractivity contribution >= 4 is 65.8 Å². The van der Waals surface area contributed by atoms with Crippen LogP contribution in [0.25, 0.3) is 65.8 Å². The second kappa shape index (κ2) is 36.2. The van der Waals surface area contributed by atoms with Crippen molar-refractivity contribution in [3.8, 4) is 0 Å². The van der Waals surface area contributed by atoms with Gasteiger partial charge in [-0.25, -0.2) is 26.3 Å².